The van der Waals surface area contributed by atoms with Crippen LogP contribution in [-0.4, -0.2) is 36.0 Å². The number of hydrazine groups is 1. The van der Waals surface area contributed by atoms with Gasteiger partial charge in [-0.2, -0.15) is 0 Å². The molecule has 3 heterocycles. The zero-order valence-corrected chi connectivity index (χ0v) is 20.6. The van der Waals surface area contributed by atoms with Crippen molar-refractivity contribution in [3.8, 4) is 11.3 Å². The molecule has 2 aromatic heterocycles. The Labute approximate surface area is 200 Å². The van der Waals surface area contributed by atoms with Gasteiger partial charge in [0.2, 0.25) is 0 Å². The number of aromatic amines is 1. The van der Waals surface area contributed by atoms with E-state index in [1.807, 2.05) is 68.2 Å². The average Bonchev–Trinajstić information content (AvgIpc) is 3.22. The summed E-state index contributed by atoms with van der Waals surface area (Å²) >= 11 is 0. The number of hydrogen-bond donors (Lipinski definition) is 3. The first kappa shape index (κ1) is 23.5. The van der Waals surface area contributed by atoms with Crippen LogP contribution in [0.5, 0.6) is 0 Å². The highest BCUT2D eigenvalue weighted by Crippen LogP contribution is 2.33. The number of anilines is 2. The molecule has 3 N–H and O–H groups in total. The zero-order valence-electron chi connectivity index (χ0n) is 20.6. The van der Waals surface area contributed by atoms with Gasteiger partial charge in [0.15, 0.2) is 0 Å². The number of rotatable bonds is 6. The summed E-state index contributed by atoms with van der Waals surface area (Å²) < 4.78 is 0. The van der Waals surface area contributed by atoms with Crippen molar-refractivity contribution in [3.05, 3.63) is 74.7 Å². The maximum absolute atomic E-state index is 13.4. The monoisotopic (exact) mass is 460 g/mol. The maximum Gasteiger partial charge on any atom is 0.253 e. The summed E-state index contributed by atoms with van der Waals surface area (Å²) in [6, 6.07) is 12.0. The first-order valence-electron chi connectivity index (χ1n) is 11.5. The minimum atomic E-state index is -0.226. The summed E-state index contributed by atoms with van der Waals surface area (Å²) in [4.78, 5) is 35.6. The third-order valence-corrected chi connectivity index (χ3v) is 6.10. The van der Waals surface area contributed by atoms with Crippen LogP contribution >= 0.6 is 0 Å². The molecular formula is C26H32N6O2. The van der Waals surface area contributed by atoms with Gasteiger partial charge < -0.3 is 15.2 Å². The minimum Gasteiger partial charge on any atom is -0.378 e. The molecule has 0 unspecified atom stereocenters. The standard InChI is InChI=1S/C26H32N6O2/c1-15(2)32-24-22(14-28-32)20(12-23(30-24)18-8-7-9-19(11-18)31(5)6)25(33)27-13-21-16(3)10-17(4)29-26(21)34/h7-12,15,28H,13-14H2,1-6H3,(H,27,33)(H,29,34). The van der Waals surface area contributed by atoms with Gasteiger partial charge in [0.05, 0.1) is 5.69 Å². The van der Waals surface area contributed by atoms with Crippen molar-refractivity contribution in [2.75, 3.05) is 24.0 Å². The lowest BCUT2D eigenvalue weighted by Gasteiger charge is -2.23. The Hall–Kier alpha value is -3.65. The fourth-order valence-corrected chi connectivity index (χ4v) is 4.26. The Morgan fingerprint density at radius 2 is 1.97 bits per heavy atom. The van der Waals surface area contributed by atoms with Crippen LogP contribution in [0.3, 0.4) is 0 Å². The molecular weight excluding hydrogens is 428 g/mol. The molecule has 1 aromatic carbocycles. The fraction of sp³-hybridized carbons (Fsp3) is 0.346. The Balaban J connectivity index is 1.73. The third kappa shape index (κ3) is 4.54. The largest absolute Gasteiger partial charge is 0.378 e. The van der Waals surface area contributed by atoms with E-state index in [-0.39, 0.29) is 24.1 Å². The van der Waals surface area contributed by atoms with E-state index in [0.29, 0.717) is 17.7 Å². The molecule has 0 saturated heterocycles. The molecule has 0 aliphatic carbocycles. The van der Waals surface area contributed by atoms with Crippen molar-refractivity contribution < 1.29 is 4.79 Å². The molecule has 0 atom stereocenters. The number of carbonyl (C=O) groups excluding carboxylic acids is 1. The Morgan fingerprint density at radius 3 is 2.65 bits per heavy atom. The molecule has 3 aromatic rings. The summed E-state index contributed by atoms with van der Waals surface area (Å²) in [5.41, 5.74) is 9.53. The predicted molar refractivity (Wildman–Crippen MR) is 136 cm³/mol. The second kappa shape index (κ2) is 9.30. The lowest BCUT2D eigenvalue weighted by molar-refractivity contribution is 0.0950. The molecule has 0 bridgehead atoms. The molecule has 1 aliphatic heterocycles. The van der Waals surface area contributed by atoms with E-state index < -0.39 is 0 Å². The van der Waals surface area contributed by atoms with Crippen LogP contribution in [-0.2, 0) is 13.1 Å². The minimum absolute atomic E-state index is 0.157. The quantitative estimate of drug-likeness (QED) is 0.523. The van der Waals surface area contributed by atoms with E-state index >= 15 is 0 Å². The molecule has 0 radical (unpaired) electrons. The molecule has 178 valence electrons. The Kier molecular flexibility index (Phi) is 6.43. The van der Waals surface area contributed by atoms with Crippen LogP contribution in [0.2, 0.25) is 0 Å². The third-order valence-electron chi connectivity index (χ3n) is 6.10. The molecule has 8 nitrogen and oxygen atoms in total. The highest BCUT2D eigenvalue weighted by Gasteiger charge is 2.29. The van der Waals surface area contributed by atoms with E-state index in [1.54, 1.807) is 0 Å². The molecule has 34 heavy (non-hydrogen) atoms. The molecule has 1 amide bonds. The van der Waals surface area contributed by atoms with Gasteiger partial charge in [-0.15, -0.1) is 0 Å². The second-order valence-corrected chi connectivity index (χ2v) is 9.23. The number of benzene rings is 1. The summed E-state index contributed by atoms with van der Waals surface area (Å²) in [7, 11) is 3.99. The number of hydrogen-bond acceptors (Lipinski definition) is 6. The normalized spacial score (nSPS) is 12.7. The number of amides is 1. The summed E-state index contributed by atoms with van der Waals surface area (Å²) in [5, 5.41) is 4.96. The van der Waals surface area contributed by atoms with E-state index in [1.165, 1.54) is 0 Å². The molecule has 0 fully saturated rings. The average molecular weight is 461 g/mol. The van der Waals surface area contributed by atoms with Crippen LogP contribution < -0.4 is 26.2 Å². The SMILES string of the molecule is Cc1cc(C)c(CNC(=O)c2cc(-c3cccc(N(C)C)c3)nc3c2CNN3C(C)C)c(=O)[nH]1. The Bertz CT molecular complexity index is 1290. The topological polar surface area (TPSA) is 93.4 Å². The number of fused-ring (bicyclic) bond motifs is 1. The van der Waals surface area contributed by atoms with E-state index in [4.69, 9.17) is 4.98 Å². The first-order valence-corrected chi connectivity index (χ1v) is 11.5. The smallest absolute Gasteiger partial charge is 0.253 e. The van der Waals surface area contributed by atoms with Crippen LogP contribution in [0.1, 0.15) is 46.6 Å². The number of nitrogens with one attached hydrogen (secondary N) is 3. The number of aryl methyl sites for hydroxylation is 2. The zero-order chi connectivity index (χ0) is 24.6. The van der Waals surface area contributed by atoms with Gasteiger partial charge in [0.25, 0.3) is 11.5 Å². The van der Waals surface area contributed by atoms with Gasteiger partial charge in [-0.1, -0.05) is 12.1 Å². The molecule has 8 heteroatoms. The number of nitrogens with zero attached hydrogens (tertiary/aromatic N) is 3. The predicted octanol–water partition coefficient (Wildman–Crippen LogP) is 3.28. The van der Waals surface area contributed by atoms with Gasteiger partial charge in [0, 0.05) is 66.9 Å². The maximum atomic E-state index is 13.4. The van der Waals surface area contributed by atoms with Crippen molar-refractivity contribution in [2.45, 2.75) is 46.8 Å². The van der Waals surface area contributed by atoms with Gasteiger partial charge in [-0.05, 0) is 57.5 Å². The van der Waals surface area contributed by atoms with Crippen molar-refractivity contribution in [3.63, 3.8) is 0 Å². The number of pyridine rings is 2. The van der Waals surface area contributed by atoms with Crippen molar-refractivity contribution in [1.29, 1.82) is 0 Å². The van der Waals surface area contributed by atoms with Crippen LogP contribution in [0.4, 0.5) is 11.5 Å². The van der Waals surface area contributed by atoms with E-state index in [2.05, 4.69) is 35.6 Å². The van der Waals surface area contributed by atoms with E-state index in [9.17, 15) is 9.59 Å². The van der Waals surface area contributed by atoms with Gasteiger partial charge in [0.1, 0.15) is 5.82 Å². The van der Waals surface area contributed by atoms with Crippen molar-refractivity contribution in [2.24, 2.45) is 0 Å². The number of H-pyrrole nitrogens is 1. The van der Waals surface area contributed by atoms with Crippen molar-refractivity contribution in [1.82, 2.24) is 20.7 Å². The van der Waals surface area contributed by atoms with Crippen LogP contribution in [0.25, 0.3) is 11.3 Å². The molecule has 0 spiro atoms. The highest BCUT2D eigenvalue weighted by atomic mass is 16.2. The summed E-state index contributed by atoms with van der Waals surface area (Å²) in [6.45, 7) is 8.56. The lowest BCUT2D eigenvalue weighted by Crippen LogP contribution is -2.38. The van der Waals surface area contributed by atoms with Crippen LogP contribution in [0, 0.1) is 13.8 Å². The van der Waals surface area contributed by atoms with Crippen LogP contribution in [0.15, 0.2) is 41.2 Å². The summed E-state index contributed by atoms with van der Waals surface area (Å²) in [5.74, 6) is 0.535. The molecule has 0 saturated carbocycles. The first-order chi connectivity index (χ1) is 16.2. The molecule has 1 aliphatic rings. The van der Waals surface area contributed by atoms with Gasteiger partial charge in [-0.3, -0.25) is 14.6 Å². The Morgan fingerprint density at radius 1 is 1.21 bits per heavy atom. The van der Waals surface area contributed by atoms with Gasteiger partial charge in [-0.25, -0.2) is 10.4 Å². The fourth-order valence-electron chi connectivity index (χ4n) is 4.26. The van der Waals surface area contributed by atoms with Gasteiger partial charge >= 0.3 is 0 Å². The van der Waals surface area contributed by atoms with Crippen molar-refractivity contribution >= 4 is 17.4 Å². The summed E-state index contributed by atoms with van der Waals surface area (Å²) in [6.07, 6.45) is 0. The highest BCUT2D eigenvalue weighted by molar-refractivity contribution is 5.98. The number of carbonyl (C=O) groups is 1. The lowest BCUT2D eigenvalue weighted by atomic mass is 10.0. The number of aromatic nitrogens is 2. The second-order valence-electron chi connectivity index (χ2n) is 9.23. The molecule has 4 rings (SSSR count). The van der Waals surface area contributed by atoms with E-state index in [0.717, 1.165) is 39.6 Å².